The molecule has 0 aromatic carbocycles. The maximum absolute atomic E-state index is 8.75. The minimum atomic E-state index is 0.493. The number of nitriles is 1. The Kier molecular flexibility index (Phi) is 4.24. The minimum absolute atomic E-state index is 0.493. The topological polar surface area (TPSA) is 65.7 Å². The van der Waals surface area contributed by atoms with Gasteiger partial charge in [0.1, 0.15) is 11.3 Å². The van der Waals surface area contributed by atoms with Crippen molar-refractivity contribution in [3.63, 3.8) is 0 Å². The maximum Gasteiger partial charge on any atom is 0.180 e. The van der Waals surface area contributed by atoms with Crippen molar-refractivity contribution in [3.8, 4) is 6.07 Å². The molecule has 0 unspecified atom stereocenters. The second-order valence-electron chi connectivity index (χ2n) is 4.82. The predicted octanol–water partition coefficient (Wildman–Crippen LogP) is 2.40. The van der Waals surface area contributed by atoms with Gasteiger partial charge in [0.25, 0.3) is 0 Å². The molecule has 0 spiro atoms. The molecule has 0 fully saturated rings. The van der Waals surface area contributed by atoms with E-state index in [1.807, 2.05) is 12.1 Å². The van der Waals surface area contributed by atoms with Crippen molar-refractivity contribution < 1.29 is 0 Å². The van der Waals surface area contributed by atoms with E-state index in [9.17, 15) is 0 Å². The Morgan fingerprint density at radius 2 is 2.05 bits per heavy atom. The van der Waals surface area contributed by atoms with Gasteiger partial charge in [0.15, 0.2) is 5.65 Å². The van der Waals surface area contributed by atoms with E-state index in [-0.39, 0.29) is 0 Å². The summed E-state index contributed by atoms with van der Waals surface area (Å²) in [6, 6.07) is 6.04. The van der Waals surface area contributed by atoms with Gasteiger partial charge in [-0.3, -0.25) is 4.98 Å². The average molecular weight is 255 g/mol. The summed E-state index contributed by atoms with van der Waals surface area (Å²) in [6.45, 7) is 5.87. The molecule has 2 aromatic rings. The van der Waals surface area contributed by atoms with E-state index in [1.54, 1.807) is 12.4 Å². The first kappa shape index (κ1) is 13.2. The van der Waals surface area contributed by atoms with Crippen LogP contribution in [0.1, 0.15) is 20.3 Å². The molecule has 5 nitrogen and oxygen atoms in total. The third-order valence-corrected chi connectivity index (χ3v) is 2.72. The van der Waals surface area contributed by atoms with Crippen LogP contribution in [0.3, 0.4) is 0 Å². The van der Waals surface area contributed by atoms with Gasteiger partial charge in [-0.15, -0.1) is 0 Å². The van der Waals surface area contributed by atoms with Crippen LogP contribution in [-0.2, 0) is 0 Å². The highest BCUT2D eigenvalue weighted by atomic mass is 15.2. The SMILES string of the molecule is CC(C)CN(CCC#N)c1ccc2nccnc2n1. The first-order valence-electron chi connectivity index (χ1n) is 6.40. The van der Waals surface area contributed by atoms with Crippen molar-refractivity contribution in [1.82, 2.24) is 15.0 Å². The van der Waals surface area contributed by atoms with Gasteiger partial charge >= 0.3 is 0 Å². The van der Waals surface area contributed by atoms with Crippen molar-refractivity contribution in [2.45, 2.75) is 20.3 Å². The van der Waals surface area contributed by atoms with E-state index in [0.29, 0.717) is 24.5 Å². The molecule has 0 amide bonds. The summed E-state index contributed by atoms with van der Waals surface area (Å²) in [6.07, 6.45) is 3.79. The van der Waals surface area contributed by atoms with E-state index in [1.165, 1.54) is 0 Å². The monoisotopic (exact) mass is 255 g/mol. The zero-order valence-corrected chi connectivity index (χ0v) is 11.2. The van der Waals surface area contributed by atoms with Crippen molar-refractivity contribution in [1.29, 1.82) is 5.26 Å². The Morgan fingerprint density at radius 1 is 1.26 bits per heavy atom. The van der Waals surface area contributed by atoms with Gasteiger partial charge in [-0.2, -0.15) is 5.26 Å². The first-order chi connectivity index (χ1) is 9.20. The fourth-order valence-corrected chi connectivity index (χ4v) is 1.95. The molecule has 0 N–H and O–H groups in total. The van der Waals surface area contributed by atoms with Gasteiger partial charge in [0.05, 0.1) is 12.5 Å². The molecule has 0 aliphatic carbocycles. The lowest BCUT2D eigenvalue weighted by atomic mass is 10.2. The van der Waals surface area contributed by atoms with Gasteiger partial charge in [0.2, 0.25) is 0 Å². The third kappa shape index (κ3) is 3.38. The highest BCUT2D eigenvalue weighted by Gasteiger charge is 2.10. The van der Waals surface area contributed by atoms with E-state index in [0.717, 1.165) is 17.9 Å². The number of rotatable bonds is 5. The largest absolute Gasteiger partial charge is 0.355 e. The molecule has 0 aliphatic rings. The Morgan fingerprint density at radius 3 is 2.79 bits per heavy atom. The zero-order valence-electron chi connectivity index (χ0n) is 11.2. The molecule has 19 heavy (non-hydrogen) atoms. The molecule has 0 saturated heterocycles. The van der Waals surface area contributed by atoms with E-state index in [4.69, 9.17) is 5.26 Å². The van der Waals surface area contributed by atoms with Crippen LogP contribution in [0, 0.1) is 17.2 Å². The Balaban J connectivity index is 2.29. The summed E-state index contributed by atoms with van der Waals surface area (Å²) in [5.74, 6) is 1.37. The fraction of sp³-hybridized carbons (Fsp3) is 0.429. The first-order valence-corrected chi connectivity index (χ1v) is 6.40. The molecule has 2 rings (SSSR count). The quantitative estimate of drug-likeness (QED) is 0.820. The Bertz CT molecular complexity index is 588. The molecule has 2 aromatic heterocycles. The van der Waals surface area contributed by atoms with Crippen LogP contribution in [0.5, 0.6) is 0 Å². The van der Waals surface area contributed by atoms with Crippen LogP contribution in [0.25, 0.3) is 11.2 Å². The second kappa shape index (κ2) is 6.10. The fourth-order valence-electron chi connectivity index (χ4n) is 1.95. The van der Waals surface area contributed by atoms with Crippen LogP contribution >= 0.6 is 0 Å². The van der Waals surface area contributed by atoms with Crippen molar-refractivity contribution in [2.75, 3.05) is 18.0 Å². The lowest BCUT2D eigenvalue weighted by Gasteiger charge is -2.24. The highest BCUT2D eigenvalue weighted by molar-refractivity contribution is 5.71. The summed E-state index contributed by atoms with van der Waals surface area (Å²) >= 11 is 0. The van der Waals surface area contributed by atoms with Crippen molar-refractivity contribution in [2.24, 2.45) is 5.92 Å². The van der Waals surface area contributed by atoms with Crippen LogP contribution in [0.15, 0.2) is 24.5 Å². The molecule has 0 bridgehead atoms. The number of pyridine rings is 1. The normalized spacial score (nSPS) is 10.6. The maximum atomic E-state index is 8.75. The molecular formula is C14H17N5. The van der Waals surface area contributed by atoms with Gasteiger partial charge in [-0.25, -0.2) is 9.97 Å². The third-order valence-electron chi connectivity index (χ3n) is 2.72. The molecule has 0 radical (unpaired) electrons. The van der Waals surface area contributed by atoms with Gasteiger partial charge in [0, 0.05) is 25.5 Å². The van der Waals surface area contributed by atoms with E-state index < -0.39 is 0 Å². The summed E-state index contributed by atoms with van der Waals surface area (Å²) in [5.41, 5.74) is 1.43. The van der Waals surface area contributed by atoms with Gasteiger partial charge in [-0.05, 0) is 18.1 Å². The Hall–Kier alpha value is -2.22. The standard InChI is InChI=1S/C14H17N5/c1-11(2)10-19(9-3-6-15)13-5-4-12-14(18-13)17-8-7-16-12/h4-5,7-8,11H,3,9-10H2,1-2H3. The summed E-state index contributed by atoms with van der Waals surface area (Å²) < 4.78 is 0. The smallest absolute Gasteiger partial charge is 0.180 e. The van der Waals surface area contributed by atoms with Gasteiger partial charge < -0.3 is 4.90 Å². The van der Waals surface area contributed by atoms with Gasteiger partial charge in [-0.1, -0.05) is 13.8 Å². The number of fused-ring (bicyclic) bond motifs is 1. The number of anilines is 1. The average Bonchev–Trinajstić information content (AvgIpc) is 2.42. The lowest BCUT2D eigenvalue weighted by Crippen LogP contribution is -2.29. The zero-order chi connectivity index (χ0) is 13.7. The van der Waals surface area contributed by atoms with Crippen LogP contribution in [0.2, 0.25) is 0 Å². The summed E-state index contributed by atoms with van der Waals surface area (Å²) in [7, 11) is 0. The molecular weight excluding hydrogens is 238 g/mol. The molecule has 0 aliphatic heterocycles. The van der Waals surface area contributed by atoms with Crippen LogP contribution in [-0.4, -0.2) is 28.0 Å². The molecule has 98 valence electrons. The van der Waals surface area contributed by atoms with Crippen molar-refractivity contribution in [3.05, 3.63) is 24.5 Å². The predicted molar refractivity (Wildman–Crippen MR) is 74.6 cm³/mol. The number of hydrogen-bond acceptors (Lipinski definition) is 5. The minimum Gasteiger partial charge on any atom is -0.355 e. The number of nitrogens with zero attached hydrogens (tertiary/aromatic N) is 5. The Labute approximate surface area is 112 Å². The van der Waals surface area contributed by atoms with Crippen LogP contribution in [0.4, 0.5) is 5.82 Å². The number of hydrogen-bond donors (Lipinski definition) is 0. The molecule has 0 atom stereocenters. The molecule has 2 heterocycles. The van der Waals surface area contributed by atoms with E-state index >= 15 is 0 Å². The number of aromatic nitrogens is 3. The highest BCUT2D eigenvalue weighted by Crippen LogP contribution is 2.16. The molecule has 0 saturated carbocycles. The van der Waals surface area contributed by atoms with Crippen molar-refractivity contribution >= 4 is 17.0 Å². The second-order valence-corrected chi connectivity index (χ2v) is 4.82. The van der Waals surface area contributed by atoms with Crippen LogP contribution < -0.4 is 4.90 Å². The lowest BCUT2D eigenvalue weighted by molar-refractivity contribution is 0.608. The summed E-state index contributed by atoms with van der Waals surface area (Å²) in [5, 5.41) is 8.75. The summed E-state index contributed by atoms with van der Waals surface area (Å²) in [4.78, 5) is 15.1. The van der Waals surface area contributed by atoms with E-state index in [2.05, 4.69) is 39.8 Å². The molecule has 5 heteroatoms.